The number of anilines is 1. The zero-order valence-electron chi connectivity index (χ0n) is 18.3. The number of carbonyl (C=O) groups is 3. The number of likely N-dealkylation sites (tertiary alicyclic amines) is 1. The second-order valence-corrected chi connectivity index (χ2v) is 10.0. The van der Waals surface area contributed by atoms with Crippen LogP contribution in [0.3, 0.4) is 0 Å². The summed E-state index contributed by atoms with van der Waals surface area (Å²) in [6, 6.07) is 6.45. The molecule has 5 atom stereocenters. The smallest absolute Gasteiger partial charge is 0.311 e. The van der Waals surface area contributed by atoms with E-state index in [1.165, 1.54) is 11.8 Å². The van der Waals surface area contributed by atoms with Gasteiger partial charge in [-0.2, -0.15) is 0 Å². The molecule has 4 aliphatic rings. The summed E-state index contributed by atoms with van der Waals surface area (Å²) in [7, 11) is 1.58. The van der Waals surface area contributed by atoms with Crippen molar-refractivity contribution in [3.63, 3.8) is 0 Å². The molecule has 2 saturated heterocycles. The number of aliphatic hydroxyl groups excluding tert-OH is 1. The van der Waals surface area contributed by atoms with Gasteiger partial charge in [0.05, 0.1) is 23.7 Å². The highest BCUT2D eigenvalue weighted by Crippen LogP contribution is 2.61. The van der Waals surface area contributed by atoms with E-state index in [1.807, 2.05) is 36.4 Å². The lowest BCUT2D eigenvalue weighted by Crippen LogP contribution is -2.53. The molecule has 0 radical (unpaired) electrons. The highest BCUT2D eigenvalue weighted by molar-refractivity contribution is 8.02. The summed E-state index contributed by atoms with van der Waals surface area (Å²) in [5.74, 6) is -1.47. The van der Waals surface area contributed by atoms with Crippen LogP contribution in [0, 0.1) is 11.8 Å². The van der Waals surface area contributed by atoms with Crippen molar-refractivity contribution in [2.75, 3.05) is 38.3 Å². The second kappa shape index (κ2) is 8.53. The van der Waals surface area contributed by atoms with Crippen LogP contribution in [0.15, 0.2) is 48.6 Å². The van der Waals surface area contributed by atoms with Crippen molar-refractivity contribution >= 4 is 35.2 Å². The van der Waals surface area contributed by atoms with Gasteiger partial charge in [0.25, 0.3) is 5.91 Å². The van der Waals surface area contributed by atoms with E-state index in [4.69, 9.17) is 9.47 Å². The number of hydrogen-bond donors (Lipinski definition) is 1. The van der Waals surface area contributed by atoms with Gasteiger partial charge in [0.15, 0.2) is 0 Å². The Kier molecular flexibility index (Phi) is 5.70. The molecule has 0 aliphatic carbocycles. The lowest BCUT2D eigenvalue weighted by Gasteiger charge is -2.35. The van der Waals surface area contributed by atoms with E-state index < -0.39 is 28.6 Å². The van der Waals surface area contributed by atoms with Gasteiger partial charge in [-0.25, -0.2) is 0 Å². The number of carbonyl (C=O) groups excluding carboxylic acids is 3. The topological polar surface area (TPSA) is 96.4 Å². The van der Waals surface area contributed by atoms with E-state index in [9.17, 15) is 19.5 Å². The fourth-order valence-electron chi connectivity index (χ4n) is 5.44. The van der Waals surface area contributed by atoms with Gasteiger partial charge in [-0.3, -0.25) is 14.4 Å². The molecule has 1 aromatic rings. The van der Waals surface area contributed by atoms with Crippen LogP contribution in [0.4, 0.5) is 5.69 Å². The number of nitrogens with zero attached hydrogens (tertiary/aromatic N) is 2. The Bertz CT molecular complexity index is 1020. The lowest BCUT2D eigenvalue weighted by molar-refractivity contribution is -0.151. The predicted octanol–water partition coefficient (Wildman–Crippen LogP) is 1.39. The average molecular weight is 471 g/mol. The quantitative estimate of drug-likeness (QED) is 0.513. The molecule has 0 bridgehead atoms. The number of ether oxygens (including phenoxy) is 2. The van der Waals surface area contributed by atoms with Crippen LogP contribution >= 0.6 is 11.8 Å². The number of fused-ring (bicyclic) bond motifs is 2. The van der Waals surface area contributed by atoms with Crippen molar-refractivity contribution in [1.29, 1.82) is 0 Å². The van der Waals surface area contributed by atoms with Gasteiger partial charge in [-0.05, 0) is 30.7 Å². The van der Waals surface area contributed by atoms with Crippen molar-refractivity contribution in [2.24, 2.45) is 11.8 Å². The summed E-state index contributed by atoms with van der Waals surface area (Å²) in [4.78, 5) is 43.9. The molecule has 0 aromatic heterocycles. The number of cyclic esters (lactones) is 1. The molecule has 174 valence electrons. The molecular formula is C24H26N2O6S. The molecule has 4 aliphatic heterocycles. The molecule has 1 aromatic carbocycles. The van der Waals surface area contributed by atoms with Gasteiger partial charge >= 0.3 is 5.97 Å². The molecule has 2 amide bonds. The fourth-order valence-corrected chi connectivity index (χ4v) is 7.45. The van der Waals surface area contributed by atoms with Crippen LogP contribution in [-0.2, 0) is 19.1 Å². The number of hydrogen-bond acceptors (Lipinski definition) is 7. The van der Waals surface area contributed by atoms with Crippen LogP contribution in [-0.4, -0.2) is 77.2 Å². The minimum absolute atomic E-state index is 0.0929. The molecule has 4 heterocycles. The van der Waals surface area contributed by atoms with Crippen LogP contribution in [0.2, 0.25) is 0 Å². The van der Waals surface area contributed by atoms with Crippen LogP contribution in [0.1, 0.15) is 6.42 Å². The third kappa shape index (κ3) is 3.36. The van der Waals surface area contributed by atoms with Crippen molar-refractivity contribution in [3.05, 3.63) is 48.6 Å². The highest BCUT2D eigenvalue weighted by Gasteiger charge is 2.71. The Balaban J connectivity index is 1.58. The number of amides is 2. The maximum atomic E-state index is 14.0. The van der Waals surface area contributed by atoms with E-state index in [1.54, 1.807) is 29.0 Å². The maximum Gasteiger partial charge on any atom is 0.311 e. The summed E-state index contributed by atoms with van der Waals surface area (Å²) in [5, 5.41) is 9.20. The Morgan fingerprint density at radius 2 is 1.97 bits per heavy atom. The Morgan fingerprint density at radius 3 is 2.70 bits per heavy atom. The number of esters is 1. The van der Waals surface area contributed by atoms with Gasteiger partial charge in [0.1, 0.15) is 18.4 Å². The Labute approximate surface area is 196 Å². The third-order valence-electron chi connectivity index (χ3n) is 6.85. The highest BCUT2D eigenvalue weighted by atomic mass is 32.2. The first-order chi connectivity index (χ1) is 16.0. The molecule has 2 fully saturated rings. The number of aliphatic hydroxyl groups is 1. The SMILES string of the molecule is COc1ccc(N2CC=C[C@]34S[C@H]5C=CCOC(=O)[C@H]5[C@H]3C(=O)N(CCCO)C4C2=O)cc1. The summed E-state index contributed by atoms with van der Waals surface area (Å²) in [6.45, 7) is 0.702. The van der Waals surface area contributed by atoms with Gasteiger partial charge in [0, 0.05) is 30.6 Å². The van der Waals surface area contributed by atoms with Crippen molar-refractivity contribution in [2.45, 2.75) is 22.5 Å². The van der Waals surface area contributed by atoms with Gasteiger partial charge < -0.3 is 24.4 Å². The first kappa shape index (κ1) is 22.0. The Hall–Kier alpha value is -2.78. The van der Waals surface area contributed by atoms with Gasteiger partial charge in [0.2, 0.25) is 5.91 Å². The summed E-state index contributed by atoms with van der Waals surface area (Å²) in [6.07, 6.45) is 7.97. The molecule has 0 saturated carbocycles. The van der Waals surface area contributed by atoms with Gasteiger partial charge in [-0.1, -0.05) is 24.3 Å². The van der Waals surface area contributed by atoms with E-state index in [2.05, 4.69) is 0 Å². The first-order valence-electron chi connectivity index (χ1n) is 11.1. The fraction of sp³-hybridized carbons (Fsp3) is 0.458. The summed E-state index contributed by atoms with van der Waals surface area (Å²) in [5.41, 5.74) is 0.706. The predicted molar refractivity (Wildman–Crippen MR) is 123 cm³/mol. The standard InChI is InChI=1S/C24H26N2O6S/c1-31-16-8-6-15(7-9-16)25-11-3-10-24-19(18-17(33-24)5-2-14-32-23(18)30)21(28)26(12-4-13-27)20(24)22(25)29/h2-3,5-10,17-20,27H,4,11-14H2,1H3/t17-,18+,19-,20?,24-/m0/s1. The molecule has 5 rings (SSSR count). The zero-order chi connectivity index (χ0) is 23.2. The molecule has 1 spiro atoms. The first-order valence-corrected chi connectivity index (χ1v) is 12.0. The molecule has 1 unspecified atom stereocenters. The number of methoxy groups -OCH3 is 1. The van der Waals surface area contributed by atoms with Crippen LogP contribution in [0.5, 0.6) is 5.75 Å². The summed E-state index contributed by atoms with van der Waals surface area (Å²) < 4.78 is 9.72. The van der Waals surface area contributed by atoms with Crippen LogP contribution in [0.25, 0.3) is 0 Å². The number of thioether (sulfide) groups is 1. The van der Waals surface area contributed by atoms with Gasteiger partial charge in [-0.15, -0.1) is 11.8 Å². The normalized spacial score (nSPS) is 32.7. The molecular weight excluding hydrogens is 444 g/mol. The average Bonchev–Trinajstić information content (AvgIpc) is 3.12. The minimum Gasteiger partial charge on any atom is -0.497 e. The zero-order valence-corrected chi connectivity index (χ0v) is 19.1. The van der Waals surface area contributed by atoms with Crippen molar-refractivity contribution in [1.82, 2.24) is 4.90 Å². The third-order valence-corrected chi connectivity index (χ3v) is 8.60. The Morgan fingerprint density at radius 1 is 1.18 bits per heavy atom. The van der Waals surface area contributed by atoms with Crippen LogP contribution < -0.4 is 9.64 Å². The second-order valence-electron chi connectivity index (χ2n) is 8.56. The lowest BCUT2D eigenvalue weighted by atomic mass is 9.78. The van der Waals surface area contributed by atoms with Crippen molar-refractivity contribution in [3.8, 4) is 5.75 Å². The molecule has 33 heavy (non-hydrogen) atoms. The largest absolute Gasteiger partial charge is 0.497 e. The summed E-state index contributed by atoms with van der Waals surface area (Å²) >= 11 is 1.51. The molecule has 8 nitrogen and oxygen atoms in total. The van der Waals surface area contributed by atoms with Crippen molar-refractivity contribution < 1.29 is 29.0 Å². The number of benzene rings is 1. The van der Waals surface area contributed by atoms with E-state index in [-0.39, 0.29) is 36.8 Å². The van der Waals surface area contributed by atoms with E-state index in [0.717, 1.165) is 0 Å². The molecule has 9 heteroatoms. The number of rotatable bonds is 5. The maximum absolute atomic E-state index is 14.0. The molecule has 1 N–H and O–H groups in total. The minimum atomic E-state index is -0.874. The van der Waals surface area contributed by atoms with E-state index >= 15 is 0 Å². The monoisotopic (exact) mass is 470 g/mol. The van der Waals surface area contributed by atoms with E-state index in [0.29, 0.717) is 24.4 Å².